The first-order valence-electron chi connectivity index (χ1n) is 9.07. The van der Waals surface area contributed by atoms with Gasteiger partial charge in [-0.25, -0.2) is 0 Å². The zero-order valence-electron chi connectivity index (χ0n) is 14.2. The molecule has 0 fully saturated rings. The zero-order chi connectivity index (χ0) is 15.8. The van der Waals surface area contributed by atoms with Crippen LogP contribution in [0.5, 0.6) is 0 Å². The van der Waals surface area contributed by atoms with E-state index in [0.29, 0.717) is 6.61 Å². The van der Waals surface area contributed by atoms with Crippen LogP contribution in [0.15, 0.2) is 0 Å². The molecule has 1 atom stereocenters. The van der Waals surface area contributed by atoms with Crippen molar-refractivity contribution in [3.63, 3.8) is 0 Å². The topological polar surface area (TPSA) is 26.3 Å². The van der Waals surface area contributed by atoms with E-state index < -0.39 is 0 Å². The van der Waals surface area contributed by atoms with Crippen LogP contribution in [-0.2, 0) is 9.53 Å². The molecule has 0 spiro atoms. The molecule has 0 bridgehead atoms. The molecule has 0 saturated heterocycles. The fraction of sp³-hybridized carbons (Fsp3) is 0.944. The molecule has 22 heavy (non-hydrogen) atoms. The van der Waals surface area contributed by atoms with Crippen LogP contribution in [0.4, 0.5) is 0 Å². The summed E-state index contributed by atoms with van der Waals surface area (Å²) in [6.07, 6.45) is 15.7. The average Bonchev–Trinajstić information content (AvgIpc) is 2.49. The molecule has 0 aromatic heterocycles. The third-order valence-electron chi connectivity index (χ3n) is 3.85. The normalized spacial score (nSPS) is 11.8. The molecular weight excluding hydrogens is 399 g/mol. The maximum atomic E-state index is 11.7. The van der Waals surface area contributed by atoms with Crippen molar-refractivity contribution in [2.45, 2.75) is 103 Å². The minimum atomic E-state index is -0.226. The van der Waals surface area contributed by atoms with E-state index in [4.69, 9.17) is 4.74 Å². The molecule has 2 nitrogen and oxygen atoms in total. The van der Waals surface area contributed by atoms with Gasteiger partial charge < -0.3 is 4.74 Å². The molecule has 0 aliphatic heterocycles. The zero-order valence-corrected chi connectivity index (χ0v) is 15.1. The van der Waals surface area contributed by atoms with Crippen LogP contribution in [0.2, 0.25) is 0 Å². The van der Waals surface area contributed by atoms with Gasteiger partial charge in [-0.2, -0.15) is 12.6 Å². The van der Waals surface area contributed by atoms with Crippen LogP contribution in [0.1, 0.15) is 97.3 Å². The van der Waals surface area contributed by atoms with Gasteiger partial charge in [0, 0.05) is 0 Å². The van der Waals surface area contributed by atoms with Crippen LogP contribution in [0, 0.1) is 0 Å². The van der Waals surface area contributed by atoms with E-state index in [1.807, 2.05) is 0 Å². The molecule has 4 heteroatoms. The minimum absolute atomic E-state index is 0. The first-order chi connectivity index (χ1) is 10.2. The van der Waals surface area contributed by atoms with E-state index in [9.17, 15) is 4.79 Å². The van der Waals surface area contributed by atoms with E-state index in [1.165, 1.54) is 64.2 Å². The average molecular weight is 439 g/mol. The van der Waals surface area contributed by atoms with Gasteiger partial charge in [-0.3, -0.25) is 4.79 Å². The van der Waals surface area contributed by atoms with E-state index >= 15 is 0 Å². The number of hydrogen-bond donors (Lipinski definition) is 1. The summed E-state index contributed by atoms with van der Waals surface area (Å²) in [4.78, 5) is 11.7. The van der Waals surface area contributed by atoms with Crippen molar-refractivity contribution in [3.8, 4) is 0 Å². The fourth-order valence-electron chi connectivity index (χ4n) is 2.39. The van der Waals surface area contributed by atoms with Crippen molar-refractivity contribution in [1.82, 2.24) is 0 Å². The Morgan fingerprint density at radius 1 is 0.818 bits per heavy atom. The van der Waals surface area contributed by atoms with Gasteiger partial charge in [0.2, 0.25) is 0 Å². The number of thiol groups is 1. The Kier molecular flexibility index (Phi) is 22.2. The van der Waals surface area contributed by atoms with E-state index in [-0.39, 0.29) is 35.1 Å². The number of rotatable bonds is 15. The molecule has 134 valence electrons. The Hall–Kier alpha value is 0.619. The summed E-state index contributed by atoms with van der Waals surface area (Å²) in [5.74, 6) is -0.125. The molecular formula is C18H40O2SSn. The summed E-state index contributed by atoms with van der Waals surface area (Å²) in [6, 6.07) is 0. The Labute approximate surface area is 160 Å². The third-order valence-corrected chi connectivity index (χ3v) is 4.31. The molecule has 0 saturated carbocycles. The number of ether oxygens (including phenoxy) is 1. The summed E-state index contributed by atoms with van der Waals surface area (Å²) in [5, 5.41) is -0.226. The molecule has 0 rings (SSSR count). The predicted octanol–water partition coefficient (Wildman–Crippen LogP) is 4.49. The Morgan fingerprint density at radius 2 is 1.27 bits per heavy atom. The van der Waals surface area contributed by atoms with E-state index in [1.54, 1.807) is 0 Å². The summed E-state index contributed by atoms with van der Waals surface area (Å²) in [5.41, 5.74) is 0. The van der Waals surface area contributed by atoms with Crippen LogP contribution in [0.25, 0.3) is 0 Å². The van der Waals surface area contributed by atoms with Gasteiger partial charge in [0.15, 0.2) is 0 Å². The molecule has 0 radical (unpaired) electrons. The van der Waals surface area contributed by atoms with Gasteiger partial charge in [0.1, 0.15) is 0 Å². The number of esters is 1. The van der Waals surface area contributed by atoms with Gasteiger partial charge >= 0.3 is 29.9 Å². The molecule has 0 aliphatic rings. The first-order valence-corrected chi connectivity index (χ1v) is 9.58. The van der Waals surface area contributed by atoms with Crippen molar-refractivity contribution < 1.29 is 9.53 Å². The summed E-state index contributed by atoms with van der Waals surface area (Å²) in [7, 11) is 0. The predicted molar refractivity (Wildman–Crippen MR) is 106 cm³/mol. The van der Waals surface area contributed by atoms with Crippen molar-refractivity contribution in [2.75, 3.05) is 6.61 Å². The summed E-state index contributed by atoms with van der Waals surface area (Å²) < 4.78 is 5.29. The standard InChI is InChI=1S/C18H36O2S.Sn.4H/c1-3-5-7-9-11-13-15-17(21)18(19)20-16-14-12-10-8-6-4-2;;;;;/h17,21H,3-16H2,1-2H3;;;;;. The number of carbonyl (C=O) groups excluding carboxylic acids is 1. The summed E-state index contributed by atoms with van der Waals surface area (Å²) in [6.45, 7) is 5.01. The second kappa shape index (κ2) is 19.7. The first kappa shape index (κ1) is 24.9. The van der Waals surface area contributed by atoms with Gasteiger partial charge in [-0.1, -0.05) is 84.5 Å². The SMILES string of the molecule is CCCCCCCCOC(=O)C(S)CCCCCCCC.[SnH4]. The summed E-state index contributed by atoms with van der Waals surface area (Å²) >= 11 is 4.37. The van der Waals surface area contributed by atoms with E-state index in [0.717, 1.165) is 19.3 Å². The molecule has 0 aromatic carbocycles. The van der Waals surface area contributed by atoms with E-state index in [2.05, 4.69) is 26.5 Å². The van der Waals surface area contributed by atoms with Crippen LogP contribution >= 0.6 is 12.6 Å². The maximum absolute atomic E-state index is 11.7. The monoisotopic (exact) mass is 440 g/mol. The van der Waals surface area contributed by atoms with Crippen molar-refractivity contribution in [3.05, 3.63) is 0 Å². The second-order valence-corrected chi connectivity index (χ2v) is 6.63. The fourth-order valence-corrected chi connectivity index (χ4v) is 2.64. The second-order valence-electron chi connectivity index (χ2n) is 6.01. The molecule has 0 heterocycles. The van der Waals surface area contributed by atoms with Crippen molar-refractivity contribution in [1.29, 1.82) is 0 Å². The molecule has 0 N–H and O–H groups in total. The van der Waals surface area contributed by atoms with Crippen LogP contribution in [0.3, 0.4) is 0 Å². The Balaban J connectivity index is 0. The number of unbranched alkanes of at least 4 members (excludes halogenated alkanes) is 10. The van der Waals surface area contributed by atoms with Crippen molar-refractivity contribution in [2.24, 2.45) is 0 Å². The van der Waals surface area contributed by atoms with Crippen LogP contribution in [-0.4, -0.2) is 41.7 Å². The molecule has 0 aliphatic carbocycles. The quantitative estimate of drug-likeness (QED) is 0.176. The number of hydrogen-bond acceptors (Lipinski definition) is 3. The third kappa shape index (κ3) is 17.0. The Morgan fingerprint density at radius 3 is 1.82 bits per heavy atom. The van der Waals surface area contributed by atoms with Gasteiger partial charge in [-0.15, -0.1) is 0 Å². The van der Waals surface area contributed by atoms with Gasteiger partial charge in [0.05, 0.1) is 11.9 Å². The van der Waals surface area contributed by atoms with Gasteiger partial charge in [-0.05, 0) is 12.8 Å². The number of carbonyl (C=O) groups is 1. The molecule has 0 aromatic rings. The van der Waals surface area contributed by atoms with Gasteiger partial charge in [0.25, 0.3) is 0 Å². The molecule has 1 unspecified atom stereocenters. The van der Waals surface area contributed by atoms with Crippen molar-refractivity contribution >= 4 is 42.5 Å². The Bertz CT molecular complexity index is 237. The molecule has 0 amide bonds. The van der Waals surface area contributed by atoms with Crippen LogP contribution < -0.4 is 0 Å².